The number of ether oxygens (including phenoxy) is 1. The molecule has 1 aliphatic rings. The third-order valence-electron chi connectivity index (χ3n) is 3.23. The van der Waals surface area contributed by atoms with Gasteiger partial charge in [0.15, 0.2) is 0 Å². The van der Waals surface area contributed by atoms with Crippen LogP contribution in [0.1, 0.15) is 47.5 Å². The number of hydrogen-bond acceptors (Lipinski definition) is 4. The smallest absolute Gasteiger partial charge is 0.407 e. The summed E-state index contributed by atoms with van der Waals surface area (Å²) >= 11 is 1.87. The topological polar surface area (TPSA) is 50.4 Å². The van der Waals surface area contributed by atoms with Crippen LogP contribution in [-0.4, -0.2) is 41.3 Å². The predicted molar refractivity (Wildman–Crippen MR) is 81.8 cm³/mol. The van der Waals surface area contributed by atoms with Crippen LogP contribution in [0.5, 0.6) is 0 Å². The molecule has 0 heterocycles. The fourth-order valence-corrected chi connectivity index (χ4v) is 2.07. The van der Waals surface area contributed by atoms with Gasteiger partial charge in [-0.3, -0.25) is 0 Å². The molecule has 0 bridgehead atoms. The van der Waals surface area contributed by atoms with Crippen LogP contribution in [-0.2, 0) is 4.74 Å². The number of amides is 1. The number of hydrogen-bond donors (Lipinski definition) is 2. The monoisotopic (exact) mass is 288 g/mol. The number of alkyl carbamates (subject to hydrolysis) is 1. The molecule has 1 amide bonds. The lowest BCUT2D eigenvalue weighted by Crippen LogP contribution is -2.54. The summed E-state index contributed by atoms with van der Waals surface area (Å²) in [6.45, 7) is 11.1. The van der Waals surface area contributed by atoms with Gasteiger partial charge in [-0.2, -0.15) is 11.8 Å². The Labute approximate surface area is 121 Å². The molecule has 1 rings (SSSR count). The van der Waals surface area contributed by atoms with Gasteiger partial charge >= 0.3 is 6.09 Å². The van der Waals surface area contributed by atoms with E-state index in [2.05, 4.69) is 30.7 Å². The van der Waals surface area contributed by atoms with E-state index in [1.165, 1.54) is 0 Å². The van der Waals surface area contributed by atoms with Crippen molar-refractivity contribution in [2.45, 2.75) is 69.9 Å². The largest absolute Gasteiger partial charge is 0.444 e. The quantitative estimate of drug-likeness (QED) is 0.817. The maximum Gasteiger partial charge on any atom is 0.407 e. The minimum Gasteiger partial charge on any atom is -0.444 e. The lowest BCUT2D eigenvalue weighted by molar-refractivity contribution is 0.0465. The number of rotatable bonds is 5. The van der Waals surface area contributed by atoms with Crippen molar-refractivity contribution in [3.63, 3.8) is 0 Å². The van der Waals surface area contributed by atoms with Crippen LogP contribution >= 0.6 is 11.8 Å². The van der Waals surface area contributed by atoms with Gasteiger partial charge in [0.1, 0.15) is 5.60 Å². The molecule has 0 aromatic rings. The molecule has 19 heavy (non-hydrogen) atoms. The molecule has 4 nitrogen and oxygen atoms in total. The Morgan fingerprint density at radius 1 is 1.21 bits per heavy atom. The second kappa shape index (κ2) is 6.35. The van der Waals surface area contributed by atoms with Crippen LogP contribution in [0.15, 0.2) is 0 Å². The summed E-state index contributed by atoms with van der Waals surface area (Å²) in [5, 5.41) is 6.46. The first-order chi connectivity index (χ1) is 8.61. The van der Waals surface area contributed by atoms with E-state index in [1.807, 2.05) is 32.5 Å². The molecule has 1 fully saturated rings. The van der Waals surface area contributed by atoms with E-state index in [1.54, 1.807) is 0 Å². The Balaban J connectivity index is 2.15. The molecular formula is C14H28N2O2S. The summed E-state index contributed by atoms with van der Waals surface area (Å²) < 4.78 is 5.50. The highest BCUT2D eigenvalue weighted by molar-refractivity contribution is 7.99. The maximum absolute atomic E-state index is 11.6. The Morgan fingerprint density at radius 3 is 2.26 bits per heavy atom. The Morgan fingerprint density at radius 2 is 1.79 bits per heavy atom. The van der Waals surface area contributed by atoms with Gasteiger partial charge in [0, 0.05) is 23.4 Å². The van der Waals surface area contributed by atoms with Crippen molar-refractivity contribution in [3.8, 4) is 0 Å². The molecule has 0 aliphatic heterocycles. The molecule has 1 saturated carbocycles. The van der Waals surface area contributed by atoms with Gasteiger partial charge in [0.05, 0.1) is 0 Å². The van der Waals surface area contributed by atoms with E-state index < -0.39 is 5.60 Å². The third-order valence-corrected chi connectivity index (χ3v) is 4.48. The van der Waals surface area contributed by atoms with Crippen molar-refractivity contribution >= 4 is 17.9 Å². The van der Waals surface area contributed by atoms with Gasteiger partial charge in [0.25, 0.3) is 0 Å². The highest BCUT2D eigenvalue weighted by Gasteiger charge is 2.32. The fraction of sp³-hybridized carbons (Fsp3) is 0.929. The second-order valence-corrected chi connectivity index (χ2v) is 8.37. The Kier molecular flexibility index (Phi) is 5.56. The lowest BCUT2D eigenvalue weighted by atomic mass is 9.86. The summed E-state index contributed by atoms with van der Waals surface area (Å²) in [6, 6.07) is 0.774. The second-order valence-electron chi connectivity index (χ2n) is 6.86. The van der Waals surface area contributed by atoms with Crippen LogP contribution in [0, 0.1) is 0 Å². The summed E-state index contributed by atoms with van der Waals surface area (Å²) in [5.41, 5.74) is -0.423. The number of thioether (sulfide) groups is 1. The van der Waals surface area contributed by atoms with Gasteiger partial charge in [-0.05, 0) is 53.7 Å². The Hall–Kier alpha value is -0.420. The predicted octanol–water partition coefficient (Wildman–Crippen LogP) is 2.77. The minimum atomic E-state index is -0.423. The third kappa shape index (κ3) is 6.52. The molecule has 0 atom stereocenters. The molecule has 112 valence electrons. The molecule has 0 radical (unpaired) electrons. The van der Waals surface area contributed by atoms with Crippen LogP contribution in [0.3, 0.4) is 0 Å². The zero-order valence-electron chi connectivity index (χ0n) is 13.0. The lowest BCUT2D eigenvalue weighted by Gasteiger charge is -2.38. The van der Waals surface area contributed by atoms with Gasteiger partial charge in [0.2, 0.25) is 0 Å². The molecule has 0 unspecified atom stereocenters. The van der Waals surface area contributed by atoms with Gasteiger partial charge in [-0.15, -0.1) is 0 Å². The molecule has 0 saturated heterocycles. The molecule has 5 heteroatoms. The van der Waals surface area contributed by atoms with E-state index in [0.717, 1.165) is 19.4 Å². The standard InChI is InChI=1S/C14H28N2O2S/c1-13(2,3)18-12(17)16-11-7-10(8-11)15-9-14(4,5)19-6/h10-11,15H,7-9H2,1-6H3,(H,16,17). The fourth-order valence-electron chi connectivity index (χ4n) is 1.84. The van der Waals surface area contributed by atoms with Gasteiger partial charge in [-0.25, -0.2) is 4.79 Å². The van der Waals surface area contributed by atoms with E-state index >= 15 is 0 Å². The molecule has 0 aromatic carbocycles. The summed E-state index contributed by atoms with van der Waals surface area (Å²) in [4.78, 5) is 11.6. The number of carbonyl (C=O) groups is 1. The van der Waals surface area contributed by atoms with Crippen LogP contribution in [0.25, 0.3) is 0 Å². The van der Waals surface area contributed by atoms with E-state index in [4.69, 9.17) is 4.74 Å². The summed E-state index contributed by atoms with van der Waals surface area (Å²) in [6.07, 6.45) is 3.81. The average Bonchev–Trinajstić information content (AvgIpc) is 2.18. The van der Waals surface area contributed by atoms with Crippen LogP contribution in [0.2, 0.25) is 0 Å². The van der Waals surface area contributed by atoms with Crippen LogP contribution in [0.4, 0.5) is 4.79 Å². The van der Waals surface area contributed by atoms with Crippen LogP contribution < -0.4 is 10.6 Å². The highest BCUT2D eigenvalue weighted by Crippen LogP contribution is 2.24. The van der Waals surface area contributed by atoms with E-state index in [9.17, 15) is 4.79 Å². The number of carbonyl (C=O) groups excluding carboxylic acids is 1. The first kappa shape index (κ1) is 16.6. The van der Waals surface area contributed by atoms with Crippen molar-refractivity contribution in [2.24, 2.45) is 0 Å². The first-order valence-corrected chi connectivity index (χ1v) is 8.12. The molecule has 2 N–H and O–H groups in total. The number of nitrogens with one attached hydrogen (secondary N) is 2. The normalized spacial score (nSPS) is 23.7. The van der Waals surface area contributed by atoms with Crippen molar-refractivity contribution < 1.29 is 9.53 Å². The van der Waals surface area contributed by atoms with Gasteiger partial charge in [-0.1, -0.05) is 0 Å². The molecule has 1 aliphatic carbocycles. The molecular weight excluding hydrogens is 260 g/mol. The summed E-state index contributed by atoms with van der Waals surface area (Å²) in [5.74, 6) is 0. The minimum absolute atomic E-state index is 0.254. The van der Waals surface area contributed by atoms with Gasteiger partial charge < -0.3 is 15.4 Å². The maximum atomic E-state index is 11.6. The molecule has 0 spiro atoms. The highest BCUT2D eigenvalue weighted by atomic mass is 32.2. The van der Waals surface area contributed by atoms with E-state index in [0.29, 0.717) is 6.04 Å². The van der Waals surface area contributed by atoms with Crippen molar-refractivity contribution in [2.75, 3.05) is 12.8 Å². The zero-order valence-corrected chi connectivity index (χ0v) is 13.8. The SMILES string of the molecule is CSC(C)(C)CNC1CC(NC(=O)OC(C)(C)C)C1. The Bertz CT molecular complexity index is 307. The zero-order chi connectivity index (χ0) is 14.7. The summed E-state index contributed by atoms with van der Waals surface area (Å²) in [7, 11) is 0. The van der Waals surface area contributed by atoms with Crippen molar-refractivity contribution in [3.05, 3.63) is 0 Å². The van der Waals surface area contributed by atoms with Crippen molar-refractivity contribution in [1.29, 1.82) is 0 Å². The van der Waals surface area contributed by atoms with E-state index in [-0.39, 0.29) is 16.9 Å². The first-order valence-electron chi connectivity index (χ1n) is 6.89. The van der Waals surface area contributed by atoms with Crippen molar-refractivity contribution in [1.82, 2.24) is 10.6 Å². The molecule has 0 aromatic heterocycles. The average molecular weight is 288 g/mol.